The highest BCUT2D eigenvalue weighted by Gasteiger charge is 0.950. The van der Waals surface area contributed by atoms with E-state index in [0.29, 0.717) is 0 Å². The Bertz CT molecular complexity index is 3.25. The normalized spacial score (nSPS) is 3.00. The second kappa shape index (κ2) is 52.2. The van der Waals surface area contributed by atoms with Gasteiger partial charge in [0.2, 0.25) is 0 Å². The van der Waals surface area contributed by atoms with Crippen LogP contribution in [0.15, 0.2) is 0 Å². The van der Waals surface area contributed by atoms with Crippen LogP contribution in [0.25, 0.3) is 0 Å². The van der Waals surface area contributed by atoms with Crippen LogP contribution in [-0.4, -0.2) is 4.93 Å². The molecule has 0 aromatic heterocycles. The van der Waals surface area contributed by atoms with Gasteiger partial charge in [-0.25, -0.2) is 0 Å². The molecule has 1 heteroatoms. The number of rotatable bonds is 0. The molecule has 0 radical (unpaired) electrons. The van der Waals surface area contributed by atoms with Gasteiger partial charge in [-0.15, -0.1) is 0 Å². The summed E-state index contributed by atoms with van der Waals surface area (Å²) in [6.07, 6.45) is 0. The van der Waals surface area contributed by atoms with Crippen molar-refractivity contribution in [1.29, 1.82) is 0 Å². The predicted molar refractivity (Wildman–Crippen MR) is 31.3 cm³/mol. The molecule has 0 nitrogen and oxygen atoms in total. The number of alkyl halides is 1. The fourth-order valence-corrected chi connectivity index (χ4v) is 0. The second-order valence-electron chi connectivity index (χ2n) is 0. The fourth-order valence-electron chi connectivity index (χ4n) is 0. The molecule has 28 valence electrons. The summed E-state index contributed by atoms with van der Waals surface area (Å²) in [7, 11) is 0. The Hall–Kier alpha value is 0.730. The van der Waals surface area contributed by atoms with Crippen molar-refractivity contribution < 1.29 is 0 Å². The highest BCUT2D eigenvalue weighted by Crippen LogP contribution is 1.48. The van der Waals surface area contributed by atoms with Crippen molar-refractivity contribution in [1.82, 2.24) is 0 Å². The van der Waals surface area contributed by atoms with Crippen LogP contribution in [0, 0.1) is 0 Å². The minimum Gasteiger partial charge on any atom is -0.0901 e. The van der Waals surface area contributed by atoms with E-state index in [4.69, 9.17) is 0 Å². The van der Waals surface area contributed by atoms with E-state index in [1.807, 2.05) is 18.8 Å². The monoisotopic (exact) mass is 172 g/mol. The van der Waals surface area contributed by atoms with Gasteiger partial charge in [0, 0.05) is 0 Å². The zero-order valence-electron chi connectivity index (χ0n) is 3.38. The van der Waals surface area contributed by atoms with Crippen LogP contribution in [0.2, 0.25) is 0 Å². The maximum Gasteiger partial charge on any atom is -0.0121 e. The van der Waals surface area contributed by atoms with Gasteiger partial charge in [-0.05, 0) is 4.93 Å². The summed E-state index contributed by atoms with van der Waals surface area (Å²) in [6, 6.07) is 0. The minimum absolute atomic E-state index is 1.97. The van der Waals surface area contributed by atoms with Crippen LogP contribution in [0.3, 0.4) is 0 Å². The van der Waals surface area contributed by atoms with Gasteiger partial charge in [0.1, 0.15) is 0 Å². The zero-order chi connectivity index (χ0) is 4.00. The average molecular weight is 172 g/mol. The summed E-state index contributed by atoms with van der Waals surface area (Å²) in [5.74, 6) is 0. The molecule has 0 N–H and O–H groups in total. The molecule has 0 aromatic rings. The molecule has 0 aliphatic rings. The van der Waals surface area contributed by atoms with Gasteiger partial charge < -0.3 is 0 Å². The van der Waals surface area contributed by atoms with E-state index in [-0.39, 0.29) is 0 Å². The molecule has 0 amide bonds. The van der Waals surface area contributed by atoms with Crippen molar-refractivity contribution >= 4 is 22.6 Å². The lowest BCUT2D eigenvalue weighted by Gasteiger charge is -1.07. The average Bonchev–Trinajstić information content (AvgIpc) is 1.50. The molecule has 0 spiro atoms. The van der Waals surface area contributed by atoms with Gasteiger partial charge in [0.25, 0.3) is 0 Å². The molecule has 0 aromatic carbocycles. The first kappa shape index (κ1) is 8.83. The van der Waals surface area contributed by atoms with Gasteiger partial charge in [-0.1, -0.05) is 36.4 Å². The molecular weight excluding hydrogens is 163 g/mol. The molecular formula is C3H9I. The number of halogens is 1. The minimum atomic E-state index is 1.97. The first-order chi connectivity index (χ1) is 2.00. The van der Waals surface area contributed by atoms with Crippen molar-refractivity contribution in [3.05, 3.63) is 0 Å². The summed E-state index contributed by atoms with van der Waals surface area (Å²) < 4.78 is 0. The molecule has 0 heterocycles. The molecule has 0 aliphatic heterocycles. The van der Waals surface area contributed by atoms with Crippen molar-refractivity contribution in [2.45, 2.75) is 13.8 Å². The van der Waals surface area contributed by atoms with Crippen molar-refractivity contribution in [3.8, 4) is 0 Å². The van der Waals surface area contributed by atoms with Gasteiger partial charge in [-0.2, -0.15) is 0 Å². The molecule has 0 saturated heterocycles. The number of hydrogen-bond donors (Lipinski definition) is 0. The third-order valence-corrected chi connectivity index (χ3v) is 0. The molecule has 0 fully saturated rings. The lowest BCUT2D eigenvalue weighted by Crippen LogP contribution is -0.856. The predicted octanol–water partition coefficient (Wildman–Crippen LogP) is 2.08. The van der Waals surface area contributed by atoms with Crippen LogP contribution in [0.5, 0.6) is 0 Å². The quantitative estimate of drug-likeness (QED) is 0.387. The Kier molecular flexibility index (Phi) is 115. The Morgan fingerprint density at radius 1 is 1.00 bits per heavy atom. The highest BCUT2D eigenvalue weighted by molar-refractivity contribution is 14.1. The molecule has 0 bridgehead atoms. The maximum absolute atomic E-state index is 2.15. The van der Waals surface area contributed by atoms with E-state index in [1.165, 1.54) is 0 Å². The van der Waals surface area contributed by atoms with Crippen LogP contribution >= 0.6 is 22.6 Å². The van der Waals surface area contributed by atoms with E-state index in [2.05, 4.69) is 22.6 Å². The number of hydrogen-bond acceptors (Lipinski definition) is 0. The third kappa shape index (κ3) is 15.3. The highest BCUT2D eigenvalue weighted by atomic mass is 127. The summed E-state index contributed by atoms with van der Waals surface area (Å²) >= 11 is 2.15. The summed E-state index contributed by atoms with van der Waals surface area (Å²) in [4.78, 5) is 1.97. The molecule has 0 saturated carbocycles. The summed E-state index contributed by atoms with van der Waals surface area (Å²) in [5.41, 5.74) is 0. The lowest BCUT2D eigenvalue weighted by atomic mass is 11.0. The largest absolute Gasteiger partial charge is 0.0901 e. The van der Waals surface area contributed by atoms with Crippen LogP contribution in [0.4, 0.5) is 0 Å². The first-order valence-electron chi connectivity index (χ1n) is 1.38. The van der Waals surface area contributed by atoms with E-state index in [9.17, 15) is 0 Å². The Morgan fingerprint density at radius 3 is 1.00 bits per heavy atom. The Balaban J connectivity index is 0. The van der Waals surface area contributed by atoms with Gasteiger partial charge in [0.05, 0.1) is 0 Å². The second-order valence-corrected chi connectivity index (χ2v) is 0. The third-order valence-electron chi connectivity index (χ3n) is 0. The van der Waals surface area contributed by atoms with Crippen molar-refractivity contribution in [3.63, 3.8) is 0 Å². The maximum atomic E-state index is 2.15. The van der Waals surface area contributed by atoms with Crippen LogP contribution < -0.4 is 0 Å². The van der Waals surface area contributed by atoms with Gasteiger partial charge in [0.15, 0.2) is 0 Å². The molecule has 0 unspecified atom stereocenters. The van der Waals surface area contributed by atoms with Crippen molar-refractivity contribution in [2.75, 3.05) is 4.93 Å². The lowest BCUT2D eigenvalue weighted by molar-refractivity contribution is 1.50. The van der Waals surface area contributed by atoms with Gasteiger partial charge >= 0.3 is 0 Å². The summed E-state index contributed by atoms with van der Waals surface area (Å²) in [6.45, 7) is 4.00. The van der Waals surface area contributed by atoms with E-state index >= 15 is 0 Å². The van der Waals surface area contributed by atoms with Crippen LogP contribution in [0.1, 0.15) is 13.8 Å². The molecule has 0 atom stereocenters. The van der Waals surface area contributed by atoms with Gasteiger partial charge in [-0.3, -0.25) is 0 Å². The fraction of sp³-hybridized carbons (Fsp3) is 1.00. The zero-order valence-corrected chi connectivity index (χ0v) is 5.54. The molecule has 0 rings (SSSR count). The van der Waals surface area contributed by atoms with Crippen LogP contribution in [-0.2, 0) is 0 Å². The smallest absolute Gasteiger partial charge is 0.0121 e. The standard InChI is InChI=1S/C2H6.CH3I/c2*1-2/h1-2H3;1H3. The van der Waals surface area contributed by atoms with Crippen molar-refractivity contribution in [2.24, 2.45) is 0 Å². The van der Waals surface area contributed by atoms with E-state index in [0.717, 1.165) is 0 Å². The molecule has 4 heavy (non-hydrogen) atoms. The Labute approximate surface area is 41.7 Å². The summed E-state index contributed by atoms with van der Waals surface area (Å²) in [5, 5.41) is 0. The molecule has 0 aliphatic carbocycles. The topological polar surface area (TPSA) is 0 Å². The SMILES string of the molecule is CC.CI. The Morgan fingerprint density at radius 2 is 1.00 bits per heavy atom. The first-order valence-corrected chi connectivity index (χ1v) is 3.54. The van der Waals surface area contributed by atoms with E-state index < -0.39 is 0 Å². The van der Waals surface area contributed by atoms with E-state index in [1.54, 1.807) is 0 Å².